The summed E-state index contributed by atoms with van der Waals surface area (Å²) in [6, 6.07) is 7.15. The lowest BCUT2D eigenvalue weighted by atomic mass is 9.83. The van der Waals surface area contributed by atoms with E-state index in [2.05, 4.69) is 11.6 Å². The summed E-state index contributed by atoms with van der Waals surface area (Å²) < 4.78 is 31.7. The van der Waals surface area contributed by atoms with Crippen LogP contribution in [0.4, 0.5) is 5.69 Å². The van der Waals surface area contributed by atoms with Crippen LogP contribution in [0.15, 0.2) is 24.3 Å². The molecule has 1 saturated carbocycles. The van der Waals surface area contributed by atoms with Gasteiger partial charge in [0.05, 0.1) is 11.4 Å². The summed E-state index contributed by atoms with van der Waals surface area (Å²) >= 11 is 0. The maximum atomic E-state index is 11.8. The highest BCUT2D eigenvalue weighted by atomic mass is 32.2. The Morgan fingerprint density at radius 3 is 2.68 bits per heavy atom. The zero-order valence-electron chi connectivity index (χ0n) is 11.0. The van der Waals surface area contributed by atoms with Crippen LogP contribution < -0.4 is 15.2 Å². The number of anilines is 1. The SMILES string of the molecule is CC1CC(NS(=O)(=O)CCOc2ccccc2N)C1. The topological polar surface area (TPSA) is 81.4 Å². The second-order valence-electron chi connectivity index (χ2n) is 5.10. The lowest BCUT2D eigenvalue weighted by Gasteiger charge is -2.32. The summed E-state index contributed by atoms with van der Waals surface area (Å²) in [5, 5.41) is 0. The van der Waals surface area contributed by atoms with Crippen LogP contribution in [0.1, 0.15) is 19.8 Å². The molecule has 0 aliphatic heterocycles. The van der Waals surface area contributed by atoms with Crippen molar-refractivity contribution in [3.05, 3.63) is 24.3 Å². The van der Waals surface area contributed by atoms with Crippen LogP contribution in [0.25, 0.3) is 0 Å². The number of benzene rings is 1. The fraction of sp³-hybridized carbons (Fsp3) is 0.538. The smallest absolute Gasteiger partial charge is 0.215 e. The van der Waals surface area contributed by atoms with Crippen molar-refractivity contribution in [2.45, 2.75) is 25.8 Å². The molecule has 0 heterocycles. The van der Waals surface area contributed by atoms with Crippen molar-refractivity contribution in [3.63, 3.8) is 0 Å². The van der Waals surface area contributed by atoms with Crippen molar-refractivity contribution in [1.82, 2.24) is 4.72 Å². The summed E-state index contributed by atoms with van der Waals surface area (Å²) in [6.07, 6.45) is 1.84. The van der Waals surface area contributed by atoms with Crippen LogP contribution in [0.2, 0.25) is 0 Å². The van der Waals surface area contributed by atoms with Crippen LogP contribution >= 0.6 is 0 Å². The summed E-state index contributed by atoms with van der Waals surface area (Å²) in [5.41, 5.74) is 6.22. The molecule has 0 amide bonds. The van der Waals surface area contributed by atoms with Gasteiger partial charge in [-0.1, -0.05) is 19.1 Å². The molecule has 0 aromatic heterocycles. The minimum atomic E-state index is -3.26. The van der Waals surface area contributed by atoms with Crippen LogP contribution in [0.5, 0.6) is 5.75 Å². The number of ether oxygens (including phenoxy) is 1. The quantitative estimate of drug-likeness (QED) is 0.773. The van der Waals surface area contributed by atoms with Gasteiger partial charge in [-0.2, -0.15) is 0 Å². The van der Waals surface area contributed by atoms with E-state index in [-0.39, 0.29) is 18.4 Å². The van der Waals surface area contributed by atoms with E-state index in [1.807, 2.05) is 0 Å². The molecule has 19 heavy (non-hydrogen) atoms. The molecule has 2 rings (SSSR count). The van der Waals surface area contributed by atoms with Crippen molar-refractivity contribution >= 4 is 15.7 Å². The summed E-state index contributed by atoms with van der Waals surface area (Å²) in [4.78, 5) is 0. The molecular formula is C13H20N2O3S. The fourth-order valence-electron chi connectivity index (χ4n) is 2.18. The van der Waals surface area contributed by atoms with Gasteiger partial charge in [0.15, 0.2) is 0 Å². The molecule has 3 N–H and O–H groups in total. The van der Waals surface area contributed by atoms with E-state index in [4.69, 9.17) is 10.5 Å². The number of sulfonamides is 1. The molecule has 5 nitrogen and oxygen atoms in total. The van der Waals surface area contributed by atoms with Crippen molar-refractivity contribution < 1.29 is 13.2 Å². The van der Waals surface area contributed by atoms with Crippen LogP contribution in [-0.4, -0.2) is 26.8 Å². The van der Waals surface area contributed by atoms with Crippen LogP contribution in [-0.2, 0) is 10.0 Å². The Morgan fingerprint density at radius 1 is 1.37 bits per heavy atom. The number of nitrogens with two attached hydrogens (primary N) is 1. The van der Waals surface area contributed by atoms with Crippen molar-refractivity contribution in [1.29, 1.82) is 0 Å². The Bertz CT molecular complexity index is 524. The Hall–Kier alpha value is -1.27. The van der Waals surface area contributed by atoms with Gasteiger partial charge in [-0.15, -0.1) is 0 Å². The molecule has 1 aromatic rings. The molecule has 106 valence electrons. The summed E-state index contributed by atoms with van der Waals surface area (Å²) in [7, 11) is -3.26. The minimum absolute atomic E-state index is 0.0494. The molecule has 0 atom stereocenters. The Balaban J connectivity index is 1.77. The highest BCUT2D eigenvalue weighted by Gasteiger charge is 2.28. The van der Waals surface area contributed by atoms with Gasteiger partial charge in [0.25, 0.3) is 0 Å². The highest BCUT2D eigenvalue weighted by Crippen LogP contribution is 2.26. The molecule has 0 bridgehead atoms. The number of hydrogen-bond donors (Lipinski definition) is 2. The Morgan fingerprint density at radius 2 is 2.05 bits per heavy atom. The third-order valence-corrected chi connectivity index (χ3v) is 4.65. The van der Waals surface area contributed by atoms with Crippen molar-refractivity contribution in [2.24, 2.45) is 5.92 Å². The zero-order chi connectivity index (χ0) is 13.9. The maximum Gasteiger partial charge on any atom is 0.215 e. The van der Waals surface area contributed by atoms with Crippen LogP contribution in [0.3, 0.4) is 0 Å². The van der Waals surface area contributed by atoms with Gasteiger partial charge in [-0.25, -0.2) is 13.1 Å². The molecule has 0 saturated heterocycles. The van der Waals surface area contributed by atoms with Crippen LogP contribution in [0, 0.1) is 5.92 Å². The number of rotatable bonds is 6. The van der Waals surface area contributed by atoms with E-state index in [0.717, 1.165) is 12.8 Å². The molecule has 1 aliphatic rings. The van der Waals surface area contributed by atoms with Gasteiger partial charge >= 0.3 is 0 Å². The zero-order valence-corrected chi connectivity index (χ0v) is 11.8. The average Bonchev–Trinajstić information content (AvgIpc) is 2.29. The fourth-order valence-corrected chi connectivity index (χ4v) is 3.31. The van der Waals surface area contributed by atoms with Gasteiger partial charge in [-0.3, -0.25) is 0 Å². The van der Waals surface area contributed by atoms with E-state index < -0.39 is 10.0 Å². The van der Waals surface area contributed by atoms with E-state index in [9.17, 15) is 8.42 Å². The molecule has 1 fully saturated rings. The number of para-hydroxylation sites is 2. The minimum Gasteiger partial charge on any atom is -0.490 e. The first kappa shape index (κ1) is 14.1. The molecule has 1 aliphatic carbocycles. The molecule has 0 unspecified atom stereocenters. The van der Waals surface area contributed by atoms with Gasteiger partial charge < -0.3 is 10.5 Å². The molecular weight excluding hydrogens is 264 g/mol. The summed E-state index contributed by atoms with van der Waals surface area (Å²) in [6.45, 7) is 2.22. The monoisotopic (exact) mass is 284 g/mol. The van der Waals surface area contributed by atoms with Crippen molar-refractivity contribution in [3.8, 4) is 5.75 Å². The number of nitrogen functional groups attached to an aromatic ring is 1. The van der Waals surface area contributed by atoms with Gasteiger partial charge in [0.2, 0.25) is 10.0 Å². The Kier molecular flexibility index (Phi) is 4.31. The van der Waals surface area contributed by atoms with E-state index >= 15 is 0 Å². The number of hydrogen-bond acceptors (Lipinski definition) is 4. The first-order chi connectivity index (χ1) is 8.96. The average molecular weight is 284 g/mol. The molecule has 1 aromatic carbocycles. The number of nitrogens with one attached hydrogen (secondary N) is 1. The van der Waals surface area contributed by atoms with E-state index in [0.29, 0.717) is 17.4 Å². The Labute approximate surface area is 114 Å². The molecule has 0 spiro atoms. The normalized spacial score (nSPS) is 22.8. The molecule has 6 heteroatoms. The van der Waals surface area contributed by atoms with Gasteiger partial charge in [-0.05, 0) is 30.9 Å². The first-order valence-corrected chi connectivity index (χ1v) is 8.09. The largest absolute Gasteiger partial charge is 0.490 e. The lowest BCUT2D eigenvalue weighted by Crippen LogP contribution is -2.44. The molecule has 0 radical (unpaired) electrons. The highest BCUT2D eigenvalue weighted by molar-refractivity contribution is 7.89. The van der Waals surface area contributed by atoms with E-state index in [1.165, 1.54) is 0 Å². The second-order valence-corrected chi connectivity index (χ2v) is 6.97. The second kappa shape index (κ2) is 5.79. The predicted molar refractivity (Wildman–Crippen MR) is 75.5 cm³/mol. The first-order valence-electron chi connectivity index (χ1n) is 6.43. The lowest BCUT2D eigenvalue weighted by molar-refractivity contribution is 0.269. The van der Waals surface area contributed by atoms with Crippen molar-refractivity contribution in [2.75, 3.05) is 18.1 Å². The third-order valence-electron chi connectivity index (χ3n) is 3.25. The van der Waals surface area contributed by atoms with E-state index in [1.54, 1.807) is 24.3 Å². The maximum absolute atomic E-state index is 11.8. The van der Waals surface area contributed by atoms with Gasteiger partial charge in [0.1, 0.15) is 12.4 Å². The third kappa shape index (κ3) is 4.11. The van der Waals surface area contributed by atoms with Gasteiger partial charge in [0, 0.05) is 6.04 Å². The standard InChI is InChI=1S/C13H20N2O3S/c1-10-8-11(9-10)15-19(16,17)7-6-18-13-5-3-2-4-12(13)14/h2-5,10-11,15H,6-9,14H2,1H3. The predicted octanol–water partition coefficient (Wildman–Crippen LogP) is 1.37. The summed E-state index contributed by atoms with van der Waals surface area (Å²) in [5.74, 6) is 1.09.